The fourth-order valence-electron chi connectivity index (χ4n) is 1.93. The van der Waals surface area contributed by atoms with E-state index in [0.29, 0.717) is 6.61 Å². The van der Waals surface area contributed by atoms with Gasteiger partial charge in [0, 0.05) is 32.1 Å². The molecular formula is C14H20N4O. The number of H-pyrrole nitrogens is 1. The summed E-state index contributed by atoms with van der Waals surface area (Å²) in [6, 6.07) is 2.11. The smallest absolute Gasteiger partial charge is 0.156 e. The lowest BCUT2D eigenvalue weighted by Crippen LogP contribution is -2.18. The Kier molecular flexibility index (Phi) is 4.65. The highest BCUT2D eigenvalue weighted by atomic mass is 16.5. The van der Waals surface area contributed by atoms with Crippen molar-refractivity contribution >= 4 is 0 Å². The average Bonchev–Trinajstić information content (AvgIpc) is 2.83. The van der Waals surface area contributed by atoms with E-state index in [9.17, 15) is 0 Å². The van der Waals surface area contributed by atoms with E-state index in [4.69, 9.17) is 4.74 Å². The largest absolute Gasteiger partial charge is 0.383 e. The first-order chi connectivity index (χ1) is 9.20. The van der Waals surface area contributed by atoms with E-state index in [1.807, 2.05) is 26.2 Å². The minimum absolute atomic E-state index is 0.708. The quantitative estimate of drug-likeness (QED) is 0.778. The molecule has 0 saturated heterocycles. The van der Waals surface area contributed by atoms with Gasteiger partial charge in [-0.05, 0) is 25.0 Å². The molecule has 19 heavy (non-hydrogen) atoms. The van der Waals surface area contributed by atoms with Crippen molar-refractivity contribution in [1.29, 1.82) is 0 Å². The molecule has 0 aliphatic heterocycles. The van der Waals surface area contributed by atoms with E-state index in [1.54, 1.807) is 7.11 Å². The second-order valence-electron chi connectivity index (χ2n) is 4.60. The van der Waals surface area contributed by atoms with E-state index < -0.39 is 0 Å². The zero-order chi connectivity index (χ0) is 13.7. The first kappa shape index (κ1) is 13.7. The minimum Gasteiger partial charge on any atom is -0.383 e. The molecule has 2 N–H and O–H groups in total. The predicted octanol–water partition coefficient (Wildman–Crippen LogP) is 1.82. The van der Waals surface area contributed by atoms with Crippen molar-refractivity contribution in [2.24, 2.45) is 0 Å². The summed E-state index contributed by atoms with van der Waals surface area (Å²) in [5, 5.41) is 3.27. The van der Waals surface area contributed by atoms with Gasteiger partial charge in [0.2, 0.25) is 0 Å². The maximum atomic E-state index is 4.98. The van der Waals surface area contributed by atoms with Crippen molar-refractivity contribution in [2.45, 2.75) is 20.4 Å². The topological polar surface area (TPSA) is 62.8 Å². The van der Waals surface area contributed by atoms with Crippen LogP contribution in [0.15, 0.2) is 18.5 Å². The molecule has 0 bridgehead atoms. The number of ether oxygens (including phenoxy) is 1. The Balaban J connectivity index is 2.04. The summed E-state index contributed by atoms with van der Waals surface area (Å²) in [5.41, 5.74) is 4.25. The van der Waals surface area contributed by atoms with Gasteiger partial charge in [0.05, 0.1) is 12.8 Å². The number of nitrogens with zero attached hydrogens (tertiary/aromatic N) is 2. The Hall–Kier alpha value is -1.72. The van der Waals surface area contributed by atoms with Crippen molar-refractivity contribution in [3.63, 3.8) is 0 Å². The molecule has 0 atom stereocenters. The number of hydrogen-bond donors (Lipinski definition) is 2. The SMILES string of the molecule is COCCNCc1cnc(-c2ncc(C)cc2C)[nH]1. The molecule has 5 nitrogen and oxygen atoms in total. The average molecular weight is 260 g/mol. The summed E-state index contributed by atoms with van der Waals surface area (Å²) in [4.78, 5) is 12.1. The Morgan fingerprint density at radius 3 is 2.84 bits per heavy atom. The highest BCUT2D eigenvalue weighted by Gasteiger charge is 2.07. The molecule has 0 aromatic carbocycles. The Morgan fingerprint density at radius 2 is 2.11 bits per heavy atom. The summed E-state index contributed by atoms with van der Waals surface area (Å²) >= 11 is 0. The number of aromatic amines is 1. The summed E-state index contributed by atoms with van der Waals surface area (Å²) in [6.45, 7) is 6.37. The van der Waals surface area contributed by atoms with Crippen molar-refractivity contribution in [2.75, 3.05) is 20.3 Å². The lowest BCUT2D eigenvalue weighted by molar-refractivity contribution is 0.199. The van der Waals surface area contributed by atoms with Crippen LogP contribution >= 0.6 is 0 Å². The van der Waals surface area contributed by atoms with Crippen LogP contribution in [0.5, 0.6) is 0 Å². The number of methoxy groups -OCH3 is 1. The molecule has 0 radical (unpaired) electrons. The summed E-state index contributed by atoms with van der Waals surface area (Å²) < 4.78 is 4.98. The molecule has 2 rings (SSSR count). The van der Waals surface area contributed by atoms with E-state index in [0.717, 1.165) is 41.4 Å². The van der Waals surface area contributed by atoms with Crippen molar-refractivity contribution in [3.8, 4) is 11.5 Å². The van der Waals surface area contributed by atoms with Gasteiger partial charge in [0.25, 0.3) is 0 Å². The molecule has 0 amide bonds. The van der Waals surface area contributed by atoms with Gasteiger partial charge < -0.3 is 15.0 Å². The van der Waals surface area contributed by atoms with Gasteiger partial charge >= 0.3 is 0 Å². The van der Waals surface area contributed by atoms with Gasteiger partial charge in [-0.1, -0.05) is 6.07 Å². The van der Waals surface area contributed by atoms with Crippen LogP contribution in [0.4, 0.5) is 0 Å². The van der Waals surface area contributed by atoms with Gasteiger partial charge in [-0.2, -0.15) is 0 Å². The van der Waals surface area contributed by atoms with E-state index in [2.05, 4.69) is 26.3 Å². The predicted molar refractivity (Wildman–Crippen MR) is 74.9 cm³/mol. The lowest BCUT2D eigenvalue weighted by Gasteiger charge is -2.03. The second-order valence-corrected chi connectivity index (χ2v) is 4.60. The number of hydrogen-bond acceptors (Lipinski definition) is 4. The molecule has 2 heterocycles. The van der Waals surface area contributed by atoms with E-state index in [1.165, 1.54) is 0 Å². The first-order valence-electron chi connectivity index (χ1n) is 6.38. The third-order valence-corrected chi connectivity index (χ3v) is 2.87. The molecule has 0 aliphatic rings. The number of pyridine rings is 1. The number of aryl methyl sites for hydroxylation is 2. The Morgan fingerprint density at radius 1 is 1.26 bits per heavy atom. The third kappa shape index (κ3) is 3.62. The van der Waals surface area contributed by atoms with Crippen LogP contribution in [0, 0.1) is 13.8 Å². The monoisotopic (exact) mass is 260 g/mol. The zero-order valence-electron chi connectivity index (χ0n) is 11.7. The molecule has 102 valence electrons. The minimum atomic E-state index is 0.708. The molecule has 2 aromatic heterocycles. The first-order valence-corrected chi connectivity index (χ1v) is 6.38. The van der Waals surface area contributed by atoms with Crippen LogP contribution in [0.3, 0.4) is 0 Å². The molecule has 0 spiro atoms. The normalized spacial score (nSPS) is 10.9. The van der Waals surface area contributed by atoms with Crippen molar-refractivity contribution < 1.29 is 4.74 Å². The van der Waals surface area contributed by atoms with Crippen LogP contribution in [0.2, 0.25) is 0 Å². The molecular weight excluding hydrogens is 240 g/mol. The standard InChI is InChI=1S/C14H20N4O/c1-10-6-11(2)13(16-7-10)14-17-9-12(18-14)8-15-4-5-19-3/h6-7,9,15H,4-5,8H2,1-3H3,(H,17,18). The molecule has 2 aromatic rings. The van der Waals surface area contributed by atoms with Gasteiger partial charge in [-0.3, -0.25) is 4.98 Å². The number of rotatable bonds is 6. The van der Waals surface area contributed by atoms with Gasteiger partial charge in [-0.25, -0.2) is 4.98 Å². The van der Waals surface area contributed by atoms with Gasteiger partial charge in [0.1, 0.15) is 5.69 Å². The fourth-order valence-corrected chi connectivity index (χ4v) is 1.93. The van der Waals surface area contributed by atoms with E-state index >= 15 is 0 Å². The summed E-state index contributed by atoms with van der Waals surface area (Å²) in [7, 11) is 1.70. The fraction of sp³-hybridized carbons (Fsp3) is 0.429. The van der Waals surface area contributed by atoms with Gasteiger partial charge in [-0.15, -0.1) is 0 Å². The molecule has 0 fully saturated rings. The molecule has 0 aliphatic carbocycles. The maximum absolute atomic E-state index is 4.98. The van der Waals surface area contributed by atoms with Gasteiger partial charge in [0.15, 0.2) is 5.82 Å². The molecule has 0 unspecified atom stereocenters. The lowest BCUT2D eigenvalue weighted by atomic mass is 10.1. The van der Waals surface area contributed by atoms with Crippen molar-refractivity contribution in [3.05, 3.63) is 35.3 Å². The number of nitrogens with one attached hydrogen (secondary N) is 2. The third-order valence-electron chi connectivity index (χ3n) is 2.87. The summed E-state index contributed by atoms with van der Waals surface area (Å²) in [5.74, 6) is 0.820. The van der Waals surface area contributed by atoms with Crippen LogP contribution < -0.4 is 5.32 Å². The van der Waals surface area contributed by atoms with Crippen LogP contribution in [0.1, 0.15) is 16.8 Å². The van der Waals surface area contributed by atoms with Crippen LogP contribution in [-0.2, 0) is 11.3 Å². The van der Waals surface area contributed by atoms with E-state index in [-0.39, 0.29) is 0 Å². The molecule has 0 saturated carbocycles. The zero-order valence-corrected chi connectivity index (χ0v) is 11.7. The second kappa shape index (κ2) is 6.45. The number of imidazole rings is 1. The van der Waals surface area contributed by atoms with Crippen molar-refractivity contribution in [1.82, 2.24) is 20.3 Å². The molecule has 5 heteroatoms. The number of aromatic nitrogens is 3. The Bertz CT molecular complexity index is 536. The maximum Gasteiger partial charge on any atom is 0.156 e. The highest BCUT2D eigenvalue weighted by Crippen LogP contribution is 2.18. The van der Waals surface area contributed by atoms with Crippen LogP contribution in [0.25, 0.3) is 11.5 Å². The highest BCUT2D eigenvalue weighted by molar-refractivity contribution is 5.55. The Labute approximate surface area is 113 Å². The van der Waals surface area contributed by atoms with Crippen LogP contribution in [-0.4, -0.2) is 35.2 Å². The summed E-state index contributed by atoms with van der Waals surface area (Å²) in [6.07, 6.45) is 3.71.